The molecule has 6 nitrogen and oxygen atoms in total. The second-order valence-electron chi connectivity index (χ2n) is 8.29. The van der Waals surface area contributed by atoms with Crippen molar-refractivity contribution in [1.82, 2.24) is 0 Å². The summed E-state index contributed by atoms with van der Waals surface area (Å²) >= 11 is 0. The van der Waals surface area contributed by atoms with Gasteiger partial charge >= 0.3 is 0 Å². The van der Waals surface area contributed by atoms with Gasteiger partial charge in [-0.2, -0.15) is 0 Å². The largest absolute Gasteiger partial charge is 0.486 e. The van der Waals surface area contributed by atoms with E-state index in [1.54, 1.807) is 0 Å². The van der Waals surface area contributed by atoms with Crippen LogP contribution in [0, 0.1) is 5.92 Å². The van der Waals surface area contributed by atoms with Gasteiger partial charge in [-0.05, 0) is 53.6 Å². The topological polar surface area (TPSA) is 99.4 Å². The highest BCUT2D eigenvalue weighted by atomic mass is 16.6. The monoisotopic (exact) mass is 414 g/mol. The molecule has 1 saturated carbocycles. The van der Waals surface area contributed by atoms with E-state index in [4.69, 9.17) is 9.47 Å². The third-order valence-electron chi connectivity index (χ3n) is 6.43. The van der Waals surface area contributed by atoms with Gasteiger partial charge in [0.2, 0.25) is 0 Å². The molecule has 5 atom stereocenters. The Hall–Kier alpha value is -2.12. The van der Waals surface area contributed by atoms with Crippen LogP contribution in [0.5, 0.6) is 11.5 Å². The zero-order valence-corrected chi connectivity index (χ0v) is 17.2. The van der Waals surface area contributed by atoms with Crippen molar-refractivity contribution in [3.63, 3.8) is 0 Å². The van der Waals surface area contributed by atoms with Crippen LogP contribution in [-0.2, 0) is 12.8 Å². The number of hydrogen-bond donors (Lipinski definition) is 4. The van der Waals surface area contributed by atoms with Gasteiger partial charge < -0.3 is 29.9 Å². The second kappa shape index (κ2) is 8.94. The van der Waals surface area contributed by atoms with Crippen molar-refractivity contribution in [1.29, 1.82) is 0 Å². The summed E-state index contributed by atoms with van der Waals surface area (Å²) in [7, 11) is 0. The molecule has 1 heterocycles. The number of aryl methyl sites for hydroxylation is 1. The number of hydrogen-bond acceptors (Lipinski definition) is 6. The van der Waals surface area contributed by atoms with E-state index >= 15 is 0 Å². The van der Waals surface area contributed by atoms with Crippen LogP contribution in [0.4, 0.5) is 0 Å². The smallest absolute Gasteiger partial charge is 0.161 e. The molecule has 2 aliphatic rings. The highest BCUT2D eigenvalue weighted by molar-refractivity contribution is 5.46. The fraction of sp³-hybridized carbons (Fsp3) is 0.500. The second-order valence-corrected chi connectivity index (χ2v) is 8.29. The van der Waals surface area contributed by atoms with Gasteiger partial charge in [-0.25, -0.2) is 0 Å². The quantitative estimate of drug-likeness (QED) is 0.595. The zero-order valence-electron chi connectivity index (χ0n) is 17.2. The van der Waals surface area contributed by atoms with E-state index < -0.39 is 24.2 Å². The van der Waals surface area contributed by atoms with Gasteiger partial charge in [-0.15, -0.1) is 0 Å². The average molecular weight is 414 g/mol. The maximum Gasteiger partial charge on any atom is 0.161 e. The van der Waals surface area contributed by atoms with Gasteiger partial charge in [0.25, 0.3) is 0 Å². The number of ether oxygens (including phenoxy) is 2. The highest BCUT2D eigenvalue weighted by Gasteiger charge is 2.42. The Bertz CT molecular complexity index is 880. The van der Waals surface area contributed by atoms with Crippen LogP contribution in [0.1, 0.15) is 41.5 Å². The van der Waals surface area contributed by atoms with Gasteiger partial charge in [-0.1, -0.05) is 31.2 Å². The molecule has 4 N–H and O–H groups in total. The lowest BCUT2D eigenvalue weighted by molar-refractivity contribution is -0.127. The Kier molecular flexibility index (Phi) is 6.29. The lowest BCUT2D eigenvalue weighted by Crippen LogP contribution is -2.51. The maximum atomic E-state index is 10.6. The van der Waals surface area contributed by atoms with E-state index in [2.05, 4.69) is 19.1 Å². The van der Waals surface area contributed by atoms with Crippen LogP contribution >= 0.6 is 0 Å². The summed E-state index contributed by atoms with van der Waals surface area (Å²) in [5, 5.41) is 40.5. The van der Waals surface area contributed by atoms with E-state index in [0.29, 0.717) is 26.1 Å². The summed E-state index contributed by atoms with van der Waals surface area (Å²) < 4.78 is 11.3. The molecule has 4 rings (SSSR count). The van der Waals surface area contributed by atoms with Gasteiger partial charge in [0.1, 0.15) is 19.3 Å². The fourth-order valence-corrected chi connectivity index (χ4v) is 4.64. The van der Waals surface area contributed by atoms with E-state index in [9.17, 15) is 20.4 Å². The van der Waals surface area contributed by atoms with E-state index in [0.717, 1.165) is 34.6 Å². The zero-order chi connectivity index (χ0) is 21.3. The summed E-state index contributed by atoms with van der Waals surface area (Å²) in [6, 6.07) is 12.1. The molecule has 0 aromatic heterocycles. The van der Waals surface area contributed by atoms with E-state index in [1.807, 2.05) is 24.3 Å². The highest BCUT2D eigenvalue weighted by Crippen LogP contribution is 2.38. The molecule has 0 amide bonds. The van der Waals surface area contributed by atoms with Crippen LogP contribution in [0.2, 0.25) is 0 Å². The molecule has 0 saturated heterocycles. The first kappa shape index (κ1) is 21.1. The third-order valence-corrected chi connectivity index (χ3v) is 6.43. The molecule has 2 aromatic rings. The molecule has 0 unspecified atom stereocenters. The van der Waals surface area contributed by atoms with E-state index in [1.165, 1.54) is 5.56 Å². The molecule has 1 aliphatic heterocycles. The molecule has 1 aliphatic carbocycles. The van der Waals surface area contributed by atoms with Crippen molar-refractivity contribution in [2.75, 3.05) is 19.8 Å². The number of aliphatic hydroxyl groups is 4. The third kappa shape index (κ3) is 4.05. The Morgan fingerprint density at radius 2 is 1.63 bits per heavy atom. The normalized spacial score (nSPS) is 28.4. The first-order valence-corrected chi connectivity index (χ1v) is 10.7. The molecule has 0 spiro atoms. The summed E-state index contributed by atoms with van der Waals surface area (Å²) in [5.41, 5.74) is 4.40. The Morgan fingerprint density at radius 1 is 0.867 bits per heavy atom. The molecule has 1 fully saturated rings. The number of benzene rings is 2. The maximum absolute atomic E-state index is 10.6. The molecule has 30 heavy (non-hydrogen) atoms. The van der Waals surface area contributed by atoms with Crippen molar-refractivity contribution in [3.05, 3.63) is 58.7 Å². The van der Waals surface area contributed by atoms with Gasteiger partial charge in [0.05, 0.1) is 12.2 Å². The lowest BCUT2D eigenvalue weighted by atomic mass is 9.72. The molecule has 2 aromatic carbocycles. The first-order valence-electron chi connectivity index (χ1n) is 10.7. The minimum atomic E-state index is -1.27. The standard InChI is InChI=1S/C24H30O6/c1-2-15-4-5-16(19-12-18(13-25)22(26)24(28)23(19)27)11-17(15)9-14-3-6-20-21(10-14)30-8-7-29-20/h3-6,10-11,18-19,22-28H,2,7-9,12-13H2,1H3/t18-,19+,22-,23+,24+/m1/s1. The van der Waals surface area contributed by atoms with Gasteiger partial charge in [0.15, 0.2) is 11.5 Å². The van der Waals surface area contributed by atoms with Crippen LogP contribution in [0.25, 0.3) is 0 Å². The predicted octanol–water partition coefficient (Wildman–Crippen LogP) is 1.79. The summed E-state index contributed by atoms with van der Waals surface area (Å²) in [6.07, 6.45) is -1.44. The van der Waals surface area contributed by atoms with Crippen LogP contribution < -0.4 is 9.47 Å². The van der Waals surface area contributed by atoms with Crippen molar-refractivity contribution in [2.45, 2.75) is 50.4 Å². The van der Waals surface area contributed by atoms with Crippen molar-refractivity contribution in [3.8, 4) is 11.5 Å². The number of fused-ring (bicyclic) bond motifs is 1. The number of aliphatic hydroxyl groups excluding tert-OH is 4. The molecule has 0 bridgehead atoms. The van der Waals surface area contributed by atoms with Crippen molar-refractivity contribution in [2.24, 2.45) is 5.92 Å². The molecule has 162 valence electrons. The molecular weight excluding hydrogens is 384 g/mol. The molecular formula is C24H30O6. The Morgan fingerprint density at radius 3 is 2.37 bits per heavy atom. The van der Waals surface area contributed by atoms with Crippen molar-refractivity contribution >= 4 is 0 Å². The minimum Gasteiger partial charge on any atom is -0.486 e. The van der Waals surface area contributed by atoms with Crippen LogP contribution in [-0.4, -0.2) is 58.6 Å². The fourth-order valence-electron chi connectivity index (χ4n) is 4.64. The number of rotatable bonds is 5. The summed E-state index contributed by atoms with van der Waals surface area (Å²) in [4.78, 5) is 0. The summed E-state index contributed by atoms with van der Waals surface area (Å²) in [5.74, 6) is 0.729. The minimum absolute atomic E-state index is 0.224. The van der Waals surface area contributed by atoms with Crippen LogP contribution in [0.15, 0.2) is 36.4 Å². The average Bonchev–Trinajstić information content (AvgIpc) is 2.77. The van der Waals surface area contributed by atoms with E-state index in [-0.39, 0.29) is 12.5 Å². The molecule has 0 radical (unpaired) electrons. The Balaban J connectivity index is 1.62. The van der Waals surface area contributed by atoms with Gasteiger partial charge in [-0.3, -0.25) is 0 Å². The SMILES string of the molecule is CCc1ccc([C@@H]2C[C@H](CO)[C@@H](O)[C@H](O)[C@H]2O)cc1Cc1ccc2c(c1)OCCO2. The predicted molar refractivity (Wildman–Crippen MR) is 112 cm³/mol. The van der Waals surface area contributed by atoms with Gasteiger partial charge in [0, 0.05) is 18.4 Å². The van der Waals surface area contributed by atoms with Crippen molar-refractivity contribution < 1.29 is 29.9 Å². The molecule has 6 heteroatoms. The Labute approximate surface area is 176 Å². The lowest BCUT2D eigenvalue weighted by Gasteiger charge is -2.40. The van der Waals surface area contributed by atoms with Crippen LogP contribution in [0.3, 0.4) is 0 Å². The first-order chi connectivity index (χ1) is 14.5. The summed E-state index contributed by atoms with van der Waals surface area (Å²) in [6.45, 7) is 3.00.